The van der Waals surface area contributed by atoms with Crippen molar-refractivity contribution >= 4 is 22.6 Å². The Kier molecular flexibility index (Phi) is 5.59. The summed E-state index contributed by atoms with van der Waals surface area (Å²) in [6.45, 7) is 4.10. The monoisotopic (exact) mass is 368 g/mol. The van der Waals surface area contributed by atoms with Gasteiger partial charge in [-0.3, -0.25) is 4.79 Å². The van der Waals surface area contributed by atoms with Gasteiger partial charge < -0.3 is 14.8 Å². The zero-order valence-electron chi connectivity index (χ0n) is 16.0. The summed E-state index contributed by atoms with van der Waals surface area (Å²) in [5.41, 5.74) is 2.40. The molecule has 0 aliphatic carbocycles. The predicted octanol–water partition coefficient (Wildman–Crippen LogP) is 3.60. The van der Waals surface area contributed by atoms with Gasteiger partial charge in [-0.05, 0) is 50.1 Å². The molecule has 2 aromatic heterocycles. The van der Waals surface area contributed by atoms with E-state index in [1.54, 1.807) is 26.6 Å². The maximum atomic E-state index is 12.4. The summed E-state index contributed by atoms with van der Waals surface area (Å²) >= 11 is 0. The predicted molar refractivity (Wildman–Crippen MR) is 104 cm³/mol. The van der Waals surface area contributed by atoms with Crippen molar-refractivity contribution in [2.24, 2.45) is 0 Å². The summed E-state index contributed by atoms with van der Waals surface area (Å²) in [5, 5.41) is 8.14. The molecule has 0 fully saturated rings. The van der Waals surface area contributed by atoms with Crippen LogP contribution in [0.5, 0.6) is 11.5 Å². The molecule has 3 aromatic rings. The Morgan fingerprint density at radius 3 is 2.70 bits per heavy atom. The van der Waals surface area contributed by atoms with Crippen LogP contribution in [-0.2, 0) is 11.2 Å². The van der Waals surface area contributed by atoms with Gasteiger partial charge in [0, 0.05) is 17.8 Å². The lowest BCUT2D eigenvalue weighted by Gasteiger charge is -2.11. The second-order valence-corrected chi connectivity index (χ2v) is 6.55. The maximum Gasteiger partial charge on any atom is 0.224 e. The number of aryl methyl sites for hydroxylation is 1. The number of benzene rings is 1. The molecule has 27 heavy (non-hydrogen) atoms. The van der Waals surface area contributed by atoms with Gasteiger partial charge in [0.1, 0.15) is 11.5 Å². The summed E-state index contributed by atoms with van der Waals surface area (Å²) in [6.07, 6.45) is 4.30. The second kappa shape index (κ2) is 8.07. The zero-order valence-corrected chi connectivity index (χ0v) is 16.0. The third-order valence-corrected chi connectivity index (χ3v) is 4.32. The number of hydrogen-bond acceptors (Lipinski definition) is 5. The number of pyridine rings is 1. The number of amides is 1. The van der Waals surface area contributed by atoms with Gasteiger partial charge in [0.15, 0.2) is 5.65 Å². The molecule has 0 bridgehead atoms. The number of ether oxygens (including phenoxy) is 2. The second-order valence-electron chi connectivity index (χ2n) is 6.55. The van der Waals surface area contributed by atoms with Crippen LogP contribution in [0.2, 0.25) is 0 Å². The van der Waals surface area contributed by atoms with Crippen molar-refractivity contribution in [1.82, 2.24) is 14.8 Å². The van der Waals surface area contributed by atoms with Crippen LogP contribution in [-0.4, -0.2) is 34.9 Å². The molecule has 0 aliphatic rings. The standard InChI is InChI=1S/C20H24N4O3/c1-13(2)24-20-15(11-22-24)9-16(12-21-20)23-19(25)8-5-14-10-17(26-3)6-7-18(14)27-4/h6-7,9-13H,5,8H2,1-4H3,(H,23,25). The Balaban J connectivity index is 1.67. The number of anilines is 1. The van der Waals surface area contributed by atoms with Crippen molar-refractivity contribution in [2.45, 2.75) is 32.7 Å². The molecule has 0 unspecified atom stereocenters. The van der Waals surface area contributed by atoms with Crippen molar-refractivity contribution in [3.8, 4) is 11.5 Å². The first-order valence-corrected chi connectivity index (χ1v) is 8.86. The summed E-state index contributed by atoms with van der Waals surface area (Å²) in [4.78, 5) is 16.8. The van der Waals surface area contributed by atoms with E-state index in [0.717, 1.165) is 28.1 Å². The van der Waals surface area contributed by atoms with E-state index in [1.807, 2.05) is 28.9 Å². The van der Waals surface area contributed by atoms with Gasteiger partial charge in [-0.15, -0.1) is 0 Å². The number of carbonyl (C=O) groups excluding carboxylic acids is 1. The highest BCUT2D eigenvalue weighted by molar-refractivity contribution is 5.92. The van der Waals surface area contributed by atoms with Crippen LogP contribution in [0.15, 0.2) is 36.7 Å². The van der Waals surface area contributed by atoms with Gasteiger partial charge in [0.2, 0.25) is 5.91 Å². The minimum atomic E-state index is -0.0859. The van der Waals surface area contributed by atoms with Crippen molar-refractivity contribution in [1.29, 1.82) is 0 Å². The molecular formula is C20H24N4O3. The molecule has 7 nitrogen and oxygen atoms in total. The van der Waals surface area contributed by atoms with E-state index in [2.05, 4.69) is 29.2 Å². The molecule has 1 aromatic carbocycles. The Labute approximate surface area is 158 Å². The minimum absolute atomic E-state index is 0.0859. The largest absolute Gasteiger partial charge is 0.497 e. The van der Waals surface area contributed by atoms with E-state index in [1.165, 1.54) is 0 Å². The van der Waals surface area contributed by atoms with Gasteiger partial charge in [0.25, 0.3) is 0 Å². The average molecular weight is 368 g/mol. The highest BCUT2D eigenvalue weighted by Gasteiger charge is 2.11. The van der Waals surface area contributed by atoms with E-state index in [-0.39, 0.29) is 11.9 Å². The summed E-state index contributed by atoms with van der Waals surface area (Å²) < 4.78 is 12.5. The lowest BCUT2D eigenvalue weighted by molar-refractivity contribution is -0.116. The quantitative estimate of drug-likeness (QED) is 0.689. The lowest BCUT2D eigenvalue weighted by Crippen LogP contribution is -2.13. The van der Waals surface area contributed by atoms with Crippen molar-refractivity contribution < 1.29 is 14.3 Å². The first-order chi connectivity index (χ1) is 13.0. The van der Waals surface area contributed by atoms with Gasteiger partial charge in [-0.1, -0.05) is 0 Å². The van der Waals surface area contributed by atoms with E-state index in [0.29, 0.717) is 18.5 Å². The molecule has 7 heteroatoms. The van der Waals surface area contributed by atoms with Crippen LogP contribution in [0, 0.1) is 0 Å². The minimum Gasteiger partial charge on any atom is -0.497 e. The maximum absolute atomic E-state index is 12.4. The Morgan fingerprint density at radius 2 is 2.00 bits per heavy atom. The molecule has 1 amide bonds. The molecule has 0 aliphatic heterocycles. The molecule has 0 radical (unpaired) electrons. The van der Waals surface area contributed by atoms with E-state index in [4.69, 9.17) is 9.47 Å². The summed E-state index contributed by atoms with van der Waals surface area (Å²) in [6, 6.07) is 7.68. The third-order valence-electron chi connectivity index (χ3n) is 4.32. The fraction of sp³-hybridized carbons (Fsp3) is 0.350. The number of nitrogens with one attached hydrogen (secondary N) is 1. The molecule has 1 N–H and O–H groups in total. The normalized spacial score (nSPS) is 11.0. The third kappa shape index (κ3) is 4.19. The van der Waals surface area contributed by atoms with Crippen molar-refractivity contribution in [2.75, 3.05) is 19.5 Å². The summed E-state index contributed by atoms with van der Waals surface area (Å²) in [7, 11) is 3.23. The van der Waals surface area contributed by atoms with Crippen LogP contribution in [0.1, 0.15) is 31.9 Å². The highest BCUT2D eigenvalue weighted by atomic mass is 16.5. The number of fused-ring (bicyclic) bond motifs is 1. The van der Waals surface area contributed by atoms with Gasteiger partial charge in [0.05, 0.1) is 32.3 Å². The molecule has 0 spiro atoms. The number of rotatable bonds is 7. The van der Waals surface area contributed by atoms with E-state index in [9.17, 15) is 4.79 Å². The van der Waals surface area contributed by atoms with Crippen LogP contribution < -0.4 is 14.8 Å². The van der Waals surface area contributed by atoms with Crippen LogP contribution in [0.3, 0.4) is 0 Å². The fourth-order valence-electron chi connectivity index (χ4n) is 2.94. The highest BCUT2D eigenvalue weighted by Crippen LogP contribution is 2.25. The molecule has 2 heterocycles. The molecule has 3 rings (SSSR count). The smallest absolute Gasteiger partial charge is 0.224 e. The number of nitrogens with zero attached hydrogens (tertiary/aromatic N) is 3. The number of carbonyl (C=O) groups is 1. The SMILES string of the molecule is COc1ccc(OC)c(CCC(=O)Nc2cnc3c(cnn3C(C)C)c2)c1. The molecule has 0 atom stereocenters. The van der Waals surface area contributed by atoms with Crippen molar-refractivity contribution in [3.05, 3.63) is 42.2 Å². The van der Waals surface area contributed by atoms with Gasteiger partial charge in [-0.25, -0.2) is 9.67 Å². The zero-order chi connectivity index (χ0) is 19.4. The van der Waals surface area contributed by atoms with Crippen molar-refractivity contribution in [3.63, 3.8) is 0 Å². The number of hydrogen-bond donors (Lipinski definition) is 1. The lowest BCUT2D eigenvalue weighted by atomic mass is 10.1. The molecular weight excluding hydrogens is 344 g/mol. The molecule has 142 valence electrons. The topological polar surface area (TPSA) is 78.3 Å². The molecule has 0 saturated carbocycles. The first kappa shape index (κ1) is 18.7. The van der Waals surface area contributed by atoms with Crippen LogP contribution in [0.25, 0.3) is 11.0 Å². The van der Waals surface area contributed by atoms with Gasteiger partial charge >= 0.3 is 0 Å². The van der Waals surface area contributed by atoms with Crippen LogP contribution >= 0.6 is 0 Å². The molecule has 0 saturated heterocycles. The Bertz CT molecular complexity index is 950. The van der Waals surface area contributed by atoms with E-state index >= 15 is 0 Å². The van der Waals surface area contributed by atoms with E-state index < -0.39 is 0 Å². The Morgan fingerprint density at radius 1 is 1.19 bits per heavy atom. The summed E-state index contributed by atoms with van der Waals surface area (Å²) in [5.74, 6) is 1.40. The Hall–Kier alpha value is -3.09. The average Bonchev–Trinajstić information content (AvgIpc) is 3.09. The fourth-order valence-corrected chi connectivity index (χ4v) is 2.94. The first-order valence-electron chi connectivity index (χ1n) is 8.86. The number of methoxy groups -OCH3 is 2. The number of aromatic nitrogens is 3. The van der Waals surface area contributed by atoms with Crippen LogP contribution in [0.4, 0.5) is 5.69 Å². The van der Waals surface area contributed by atoms with Gasteiger partial charge in [-0.2, -0.15) is 5.10 Å².